The van der Waals surface area contributed by atoms with E-state index >= 15 is 0 Å². The number of aryl methyl sites for hydroxylation is 1. The third-order valence-electron chi connectivity index (χ3n) is 1.66. The first-order valence-electron chi connectivity index (χ1n) is 3.52. The van der Waals surface area contributed by atoms with Crippen molar-refractivity contribution >= 4 is 23.0 Å². The van der Waals surface area contributed by atoms with Crippen LogP contribution in [0.3, 0.4) is 0 Å². The average molecular weight is 217 g/mol. The summed E-state index contributed by atoms with van der Waals surface area (Å²) in [5, 5.41) is 20.6. The summed E-state index contributed by atoms with van der Waals surface area (Å²) in [5.74, 6) is 0. The normalized spacial score (nSPS) is 9.86. The van der Waals surface area contributed by atoms with Crippen LogP contribution in [0.2, 0.25) is 5.02 Å². The Morgan fingerprint density at radius 2 is 1.64 bits per heavy atom. The molecule has 6 nitrogen and oxygen atoms in total. The number of hydrogen-bond acceptors (Lipinski definition) is 4. The van der Waals surface area contributed by atoms with Gasteiger partial charge in [-0.3, -0.25) is 20.2 Å². The van der Waals surface area contributed by atoms with E-state index in [0.29, 0.717) is 0 Å². The summed E-state index contributed by atoms with van der Waals surface area (Å²) in [6, 6.07) is 2.06. The van der Waals surface area contributed by atoms with Crippen molar-refractivity contribution in [1.82, 2.24) is 0 Å². The molecule has 0 aliphatic carbocycles. The minimum Gasteiger partial charge on any atom is -0.258 e. The van der Waals surface area contributed by atoms with Crippen molar-refractivity contribution in [2.24, 2.45) is 0 Å². The van der Waals surface area contributed by atoms with Crippen LogP contribution in [0.1, 0.15) is 5.56 Å². The quantitative estimate of drug-likeness (QED) is 0.561. The van der Waals surface area contributed by atoms with Crippen molar-refractivity contribution in [2.75, 3.05) is 0 Å². The average Bonchev–Trinajstić information content (AvgIpc) is 2.07. The lowest BCUT2D eigenvalue weighted by molar-refractivity contribution is -0.389. The van der Waals surface area contributed by atoms with Crippen molar-refractivity contribution in [2.45, 2.75) is 6.92 Å². The van der Waals surface area contributed by atoms with E-state index in [1.165, 1.54) is 6.92 Å². The number of benzene rings is 1. The number of rotatable bonds is 2. The van der Waals surface area contributed by atoms with Crippen LogP contribution in [-0.4, -0.2) is 9.85 Å². The van der Waals surface area contributed by atoms with E-state index < -0.39 is 9.85 Å². The maximum Gasteiger partial charge on any atom is 0.288 e. The molecule has 74 valence electrons. The summed E-state index contributed by atoms with van der Waals surface area (Å²) in [7, 11) is 0. The second-order valence-electron chi connectivity index (χ2n) is 2.60. The van der Waals surface area contributed by atoms with E-state index in [2.05, 4.69) is 0 Å². The van der Waals surface area contributed by atoms with Gasteiger partial charge in [0.15, 0.2) is 0 Å². The van der Waals surface area contributed by atoms with Crippen molar-refractivity contribution in [3.05, 3.63) is 42.9 Å². The van der Waals surface area contributed by atoms with Crippen molar-refractivity contribution in [3.63, 3.8) is 0 Å². The molecular weight excluding hydrogens is 212 g/mol. The number of hydrogen-bond donors (Lipinski definition) is 0. The molecule has 1 rings (SSSR count). The van der Waals surface area contributed by atoms with Crippen LogP contribution in [0.25, 0.3) is 0 Å². The van der Waals surface area contributed by atoms with Crippen LogP contribution < -0.4 is 0 Å². The molecule has 7 heteroatoms. The molecule has 0 aromatic heterocycles. The van der Waals surface area contributed by atoms with Crippen LogP contribution in [0.15, 0.2) is 12.1 Å². The third-order valence-corrected chi connectivity index (χ3v) is 1.96. The Balaban J connectivity index is 3.38. The fourth-order valence-corrected chi connectivity index (χ4v) is 1.22. The summed E-state index contributed by atoms with van der Waals surface area (Å²) in [4.78, 5) is 19.5. The van der Waals surface area contributed by atoms with Gasteiger partial charge in [-0.1, -0.05) is 11.6 Å². The number of halogens is 1. The smallest absolute Gasteiger partial charge is 0.258 e. The number of nitrogens with zero attached hydrogens (tertiary/aromatic N) is 2. The Hall–Kier alpha value is -1.69. The molecule has 0 radical (unpaired) electrons. The van der Waals surface area contributed by atoms with Crippen LogP contribution >= 0.6 is 11.6 Å². The molecule has 0 saturated carbocycles. The lowest BCUT2D eigenvalue weighted by atomic mass is 10.2. The highest BCUT2D eigenvalue weighted by Gasteiger charge is 2.20. The van der Waals surface area contributed by atoms with Crippen LogP contribution in [0.4, 0.5) is 11.4 Å². The maximum atomic E-state index is 10.4. The van der Waals surface area contributed by atoms with Gasteiger partial charge in [-0.25, -0.2) is 0 Å². The molecule has 0 aliphatic rings. The van der Waals surface area contributed by atoms with Crippen LogP contribution in [0.5, 0.6) is 0 Å². The van der Waals surface area contributed by atoms with Gasteiger partial charge in [0.1, 0.15) is 5.02 Å². The van der Waals surface area contributed by atoms with Gasteiger partial charge in [0.05, 0.1) is 9.85 Å². The fourth-order valence-electron chi connectivity index (χ4n) is 0.992. The Bertz CT molecular complexity index is 379. The number of nitro groups is 2. The van der Waals surface area contributed by atoms with E-state index in [4.69, 9.17) is 11.6 Å². The van der Waals surface area contributed by atoms with E-state index in [0.717, 1.165) is 12.1 Å². The SMILES string of the molecule is Cc1cc([N+](=O)[O-])c(Cl)cc1[N+](=O)[O-]. The van der Waals surface area contributed by atoms with E-state index in [-0.39, 0.29) is 22.0 Å². The molecule has 0 saturated heterocycles. The lowest BCUT2D eigenvalue weighted by Gasteiger charge is -1.98. The molecule has 0 atom stereocenters. The highest BCUT2D eigenvalue weighted by molar-refractivity contribution is 6.32. The second-order valence-corrected chi connectivity index (χ2v) is 3.01. The lowest BCUT2D eigenvalue weighted by Crippen LogP contribution is -1.95. The highest BCUT2D eigenvalue weighted by Crippen LogP contribution is 2.31. The Labute approximate surface area is 83.4 Å². The van der Waals surface area contributed by atoms with Gasteiger partial charge in [0, 0.05) is 17.7 Å². The first kappa shape index (κ1) is 10.4. The van der Waals surface area contributed by atoms with Gasteiger partial charge in [0.25, 0.3) is 11.4 Å². The standard InChI is InChI=1S/C7H5ClN2O4/c1-4-2-7(10(13)14)5(8)3-6(4)9(11)12/h2-3H,1H3. The summed E-state index contributed by atoms with van der Waals surface area (Å²) in [6.07, 6.45) is 0. The molecule has 0 fully saturated rings. The highest BCUT2D eigenvalue weighted by atomic mass is 35.5. The van der Waals surface area contributed by atoms with Crippen molar-refractivity contribution in [1.29, 1.82) is 0 Å². The first-order valence-corrected chi connectivity index (χ1v) is 3.90. The number of nitro benzene ring substituents is 2. The fraction of sp³-hybridized carbons (Fsp3) is 0.143. The van der Waals surface area contributed by atoms with Crippen molar-refractivity contribution in [3.8, 4) is 0 Å². The molecule has 0 bridgehead atoms. The first-order chi connectivity index (χ1) is 6.43. The third kappa shape index (κ3) is 1.80. The summed E-state index contributed by atoms with van der Waals surface area (Å²) >= 11 is 5.49. The van der Waals surface area contributed by atoms with Gasteiger partial charge >= 0.3 is 0 Å². The molecule has 0 amide bonds. The zero-order valence-electron chi connectivity index (χ0n) is 7.06. The Morgan fingerprint density at radius 3 is 2.07 bits per heavy atom. The van der Waals surface area contributed by atoms with E-state index in [1.807, 2.05) is 0 Å². The molecule has 1 aromatic rings. The molecular formula is C7H5ClN2O4. The predicted octanol–water partition coefficient (Wildman–Crippen LogP) is 2.46. The largest absolute Gasteiger partial charge is 0.288 e. The van der Waals surface area contributed by atoms with Gasteiger partial charge in [-0.05, 0) is 6.92 Å². The monoisotopic (exact) mass is 216 g/mol. The minimum absolute atomic E-state index is 0.214. The topological polar surface area (TPSA) is 86.3 Å². The minimum atomic E-state index is -0.681. The van der Waals surface area contributed by atoms with Gasteiger partial charge in [0.2, 0.25) is 0 Å². The zero-order chi connectivity index (χ0) is 10.9. The summed E-state index contributed by atoms with van der Waals surface area (Å²) in [5.41, 5.74) is -0.332. The van der Waals surface area contributed by atoms with Gasteiger partial charge in [-0.15, -0.1) is 0 Å². The summed E-state index contributed by atoms with van der Waals surface area (Å²) < 4.78 is 0. The molecule has 0 spiro atoms. The predicted molar refractivity (Wildman–Crippen MR) is 49.5 cm³/mol. The summed E-state index contributed by atoms with van der Waals surface area (Å²) in [6.45, 7) is 1.42. The second kappa shape index (κ2) is 3.59. The zero-order valence-corrected chi connectivity index (χ0v) is 7.82. The molecule has 0 aliphatic heterocycles. The molecule has 1 aromatic carbocycles. The Morgan fingerprint density at radius 1 is 1.14 bits per heavy atom. The van der Waals surface area contributed by atoms with Gasteiger partial charge in [-0.2, -0.15) is 0 Å². The Kier molecular flexibility index (Phi) is 2.66. The van der Waals surface area contributed by atoms with Crippen LogP contribution in [0, 0.1) is 27.2 Å². The molecule has 0 unspecified atom stereocenters. The van der Waals surface area contributed by atoms with E-state index in [1.54, 1.807) is 0 Å². The van der Waals surface area contributed by atoms with Crippen LogP contribution in [-0.2, 0) is 0 Å². The van der Waals surface area contributed by atoms with Crippen molar-refractivity contribution < 1.29 is 9.85 Å². The van der Waals surface area contributed by atoms with Gasteiger partial charge < -0.3 is 0 Å². The molecule has 0 N–H and O–H groups in total. The van der Waals surface area contributed by atoms with E-state index in [9.17, 15) is 20.2 Å². The molecule has 0 heterocycles. The molecule has 14 heavy (non-hydrogen) atoms. The maximum absolute atomic E-state index is 10.4.